The van der Waals surface area contributed by atoms with Crippen LogP contribution in [0.15, 0.2) is 69.6 Å². The van der Waals surface area contributed by atoms with Crippen LogP contribution >= 0.6 is 22.9 Å². The van der Waals surface area contributed by atoms with Gasteiger partial charge >= 0.3 is 0 Å². The minimum atomic E-state index is -0.623. The lowest BCUT2D eigenvalue weighted by atomic mass is 9.94. The molecule has 0 bridgehead atoms. The number of benzene rings is 2. The lowest BCUT2D eigenvalue weighted by Crippen LogP contribution is -2.43. The Morgan fingerprint density at radius 3 is 2.39 bits per heavy atom. The fraction of sp³-hybridized carbons (Fsp3) is 0.240. The van der Waals surface area contributed by atoms with Gasteiger partial charge in [-0.05, 0) is 62.2 Å². The van der Waals surface area contributed by atoms with E-state index in [0.29, 0.717) is 44.3 Å². The summed E-state index contributed by atoms with van der Waals surface area (Å²) in [5.41, 5.74) is 2.29. The average Bonchev–Trinajstić information content (AvgIpc) is 3.10. The number of amides is 1. The molecule has 170 valence electrons. The maximum absolute atomic E-state index is 13.6. The smallest absolute Gasteiger partial charge is 0.271 e. The molecule has 2 aromatic carbocycles. The van der Waals surface area contributed by atoms with E-state index in [1.807, 2.05) is 26.0 Å². The summed E-state index contributed by atoms with van der Waals surface area (Å²) in [4.78, 5) is 33.9. The van der Waals surface area contributed by atoms with Gasteiger partial charge in [0.15, 0.2) is 4.80 Å². The van der Waals surface area contributed by atoms with E-state index in [2.05, 4.69) is 4.99 Å². The van der Waals surface area contributed by atoms with E-state index >= 15 is 0 Å². The topological polar surface area (TPSA) is 54.7 Å². The third-order valence-corrected chi connectivity index (χ3v) is 6.89. The van der Waals surface area contributed by atoms with Crippen LogP contribution in [-0.2, 0) is 4.79 Å². The lowest BCUT2D eigenvalue weighted by molar-refractivity contribution is -0.127. The summed E-state index contributed by atoms with van der Waals surface area (Å²) in [5.74, 6) is -0.486. The molecule has 0 N–H and O–H groups in total. The van der Waals surface area contributed by atoms with Gasteiger partial charge in [-0.1, -0.05) is 47.2 Å². The molecule has 1 aliphatic heterocycles. The summed E-state index contributed by atoms with van der Waals surface area (Å²) in [7, 11) is 0. The molecule has 0 saturated heterocycles. The number of carbonyl (C=O) groups is 1. The zero-order valence-corrected chi connectivity index (χ0v) is 20.1. The van der Waals surface area contributed by atoms with Crippen molar-refractivity contribution in [2.24, 2.45) is 4.99 Å². The summed E-state index contributed by atoms with van der Waals surface area (Å²) in [6.45, 7) is 6.75. The minimum absolute atomic E-state index is 0.144. The maximum Gasteiger partial charge on any atom is 0.271 e. The Kier molecular flexibility index (Phi) is 6.63. The van der Waals surface area contributed by atoms with Gasteiger partial charge in [0.2, 0.25) is 0 Å². The van der Waals surface area contributed by atoms with Crippen molar-refractivity contribution in [2.45, 2.75) is 26.8 Å². The van der Waals surface area contributed by atoms with Crippen LogP contribution in [0.25, 0.3) is 6.08 Å². The monoisotopic (exact) mass is 483 g/mol. The Hall–Kier alpha value is -3.03. The molecule has 2 heterocycles. The number of fused-ring (bicyclic) bond motifs is 1. The second-order valence-corrected chi connectivity index (χ2v) is 9.11. The van der Waals surface area contributed by atoms with E-state index in [1.54, 1.807) is 46.7 Å². The lowest BCUT2D eigenvalue weighted by Gasteiger charge is -2.29. The van der Waals surface area contributed by atoms with E-state index < -0.39 is 6.04 Å². The van der Waals surface area contributed by atoms with E-state index in [-0.39, 0.29) is 17.3 Å². The number of likely N-dealkylation sites (N-methyl/N-ethyl adjacent to an activating group) is 1. The molecule has 1 aliphatic rings. The average molecular weight is 484 g/mol. The second kappa shape index (κ2) is 9.45. The molecule has 1 atom stereocenters. The molecule has 1 aromatic heterocycles. The van der Waals surface area contributed by atoms with Gasteiger partial charge in [0.25, 0.3) is 11.5 Å². The van der Waals surface area contributed by atoms with Crippen molar-refractivity contribution in [1.82, 2.24) is 9.47 Å². The molecule has 0 saturated carbocycles. The highest BCUT2D eigenvalue weighted by Gasteiger charge is 2.34. The van der Waals surface area contributed by atoms with Crippen molar-refractivity contribution < 1.29 is 9.18 Å². The van der Waals surface area contributed by atoms with Crippen molar-refractivity contribution in [1.29, 1.82) is 0 Å². The van der Waals surface area contributed by atoms with Crippen molar-refractivity contribution in [2.75, 3.05) is 13.1 Å². The highest BCUT2D eigenvalue weighted by molar-refractivity contribution is 7.07. The Bertz CT molecular complexity index is 1400. The van der Waals surface area contributed by atoms with Gasteiger partial charge < -0.3 is 4.90 Å². The van der Waals surface area contributed by atoms with Gasteiger partial charge in [-0.2, -0.15) is 0 Å². The molecule has 0 unspecified atom stereocenters. The molecule has 0 spiro atoms. The van der Waals surface area contributed by atoms with Crippen LogP contribution < -0.4 is 14.9 Å². The number of nitrogens with zero attached hydrogens (tertiary/aromatic N) is 3. The number of rotatable bonds is 5. The number of halogens is 2. The Labute approximate surface area is 199 Å². The Morgan fingerprint density at radius 2 is 1.79 bits per heavy atom. The first-order valence-electron chi connectivity index (χ1n) is 10.7. The van der Waals surface area contributed by atoms with Gasteiger partial charge in [-0.15, -0.1) is 0 Å². The highest BCUT2D eigenvalue weighted by Crippen LogP contribution is 2.31. The molecule has 33 heavy (non-hydrogen) atoms. The summed E-state index contributed by atoms with van der Waals surface area (Å²) in [6, 6.07) is 12.5. The number of allylic oxidation sites excluding steroid dienone is 1. The fourth-order valence-electron chi connectivity index (χ4n) is 3.95. The molecule has 0 fully saturated rings. The van der Waals surface area contributed by atoms with Crippen molar-refractivity contribution >= 4 is 34.9 Å². The third-order valence-electron chi connectivity index (χ3n) is 5.66. The molecule has 4 rings (SSSR count). The number of aromatic nitrogens is 1. The van der Waals surface area contributed by atoms with E-state index in [4.69, 9.17) is 11.6 Å². The molecule has 3 aromatic rings. The summed E-state index contributed by atoms with van der Waals surface area (Å²) >= 11 is 7.36. The first kappa shape index (κ1) is 23.1. The number of thiazole rings is 1. The SMILES string of the molecule is CCN(CC)C(=O)C1=C(C)N=c2s/c(=C/c3ccc(F)cc3)c(=O)n2[C@H]1c1ccc(Cl)cc1. The van der Waals surface area contributed by atoms with E-state index in [0.717, 1.165) is 5.56 Å². The van der Waals surface area contributed by atoms with Crippen molar-refractivity contribution in [3.05, 3.63) is 101 Å². The van der Waals surface area contributed by atoms with Crippen LogP contribution in [0.2, 0.25) is 5.02 Å². The van der Waals surface area contributed by atoms with Crippen molar-refractivity contribution in [3.8, 4) is 0 Å². The Balaban J connectivity index is 1.95. The van der Waals surface area contributed by atoms with Crippen LogP contribution in [0.5, 0.6) is 0 Å². The second-order valence-electron chi connectivity index (χ2n) is 7.66. The van der Waals surface area contributed by atoms with Gasteiger partial charge in [0.1, 0.15) is 5.82 Å². The highest BCUT2D eigenvalue weighted by atomic mass is 35.5. The summed E-state index contributed by atoms with van der Waals surface area (Å²) in [6.07, 6.45) is 1.72. The van der Waals surface area contributed by atoms with Crippen LogP contribution in [0.3, 0.4) is 0 Å². The first-order chi connectivity index (χ1) is 15.8. The van der Waals surface area contributed by atoms with Crippen LogP contribution in [-0.4, -0.2) is 28.5 Å². The normalized spacial score (nSPS) is 15.9. The number of hydrogen-bond acceptors (Lipinski definition) is 4. The van der Waals surface area contributed by atoms with E-state index in [9.17, 15) is 14.0 Å². The molecule has 0 radical (unpaired) electrons. The molecular weight excluding hydrogens is 461 g/mol. The number of hydrogen-bond donors (Lipinski definition) is 0. The summed E-state index contributed by atoms with van der Waals surface area (Å²) < 4.78 is 15.3. The fourth-order valence-corrected chi connectivity index (χ4v) is 5.12. The maximum atomic E-state index is 13.6. The molecule has 1 amide bonds. The van der Waals surface area contributed by atoms with Crippen LogP contribution in [0, 0.1) is 5.82 Å². The zero-order valence-electron chi connectivity index (χ0n) is 18.5. The predicted octanol–water partition coefficient (Wildman–Crippen LogP) is 3.90. The van der Waals surface area contributed by atoms with Gasteiger partial charge in [0.05, 0.1) is 21.8 Å². The summed E-state index contributed by atoms with van der Waals surface area (Å²) in [5, 5.41) is 0.569. The molecule has 0 aliphatic carbocycles. The zero-order chi connectivity index (χ0) is 23.7. The third kappa shape index (κ3) is 4.43. The van der Waals surface area contributed by atoms with Gasteiger partial charge in [0, 0.05) is 18.1 Å². The van der Waals surface area contributed by atoms with E-state index in [1.165, 1.54) is 23.5 Å². The molecule has 8 heteroatoms. The number of carbonyl (C=O) groups excluding carboxylic acids is 1. The minimum Gasteiger partial charge on any atom is -0.339 e. The van der Waals surface area contributed by atoms with Crippen molar-refractivity contribution in [3.63, 3.8) is 0 Å². The standard InChI is InChI=1S/C25H23ClFN3O2S/c1-4-29(5-2)24(32)21-15(3)28-25-30(22(21)17-8-10-18(26)11-9-17)23(31)20(33-25)14-16-6-12-19(27)13-7-16/h6-14,22H,4-5H2,1-3H3/b20-14+/t22-/m0/s1. The predicted molar refractivity (Wildman–Crippen MR) is 130 cm³/mol. The molecular formula is C25H23ClFN3O2S. The van der Waals surface area contributed by atoms with Crippen LogP contribution in [0.4, 0.5) is 4.39 Å². The van der Waals surface area contributed by atoms with Gasteiger partial charge in [-0.25, -0.2) is 9.38 Å². The largest absolute Gasteiger partial charge is 0.339 e. The van der Waals surface area contributed by atoms with Crippen LogP contribution in [0.1, 0.15) is 37.9 Å². The quantitative estimate of drug-likeness (QED) is 0.552. The van der Waals surface area contributed by atoms with Gasteiger partial charge in [-0.3, -0.25) is 14.2 Å². The molecule has 5 nitrogen and oxygen atoms in total. The first-order valence-corrected chi connectivity index (χ1v) is 11.9. The Morgan fingerprint density at radius 1 is 1.15 bits per heavy atom.